The smallest absolute Gasteiger partial charge is 0.327 e. The van der Waals surface area contributed by atoms with Gasteiger partial charge in [-0.1, -0.05) is 35.3 Å². The Hall–Kier alpha value is -7.10. The third-order valence-electron chi connectivity index (χ3n) is 12.4. The van der Waals surface area contributed by atoms with E-state index in [2.05, 4.69) is 35.7 Å². The molecule has 1 aromatic heterocycles. The highest BCUT2D eigenvalue weighted by atomic mass is 35.5. The van der Waals surface area contributed by atoms with Crippen LogP contribution in [-0.4, -0.2) is 148 Å². The summed E-state index contributed by atoms with van der Waals surface area (Å²) in [6.45, 7) is 4.99. The van der Waals surface area contributed by atoms with Gasteiger partial charge in [0.25, 0.3) is 11.8 Å². The summed E-state index contributed by atoms with van der Waals surface area (Å²) in [6.07, 6.45) is 2.46. The number of halogens is 2. The predicted octanol–water partition coefficient (Wildman–Crippen LogP) is 6.35. The number of nitrogens with one attached hydrogen (secondary N) is 3. The van der Waals surface area contributed by atoms with Crippen LogP contribution >= 0.6 is 23.2 Å². The van der Waals surface area contributed by atoms with Crippen LogP contribution in [0.25, 0.3) is 10.8 Å². The van der Waals surface area contributed by atoms with Gasteiger partial charge in [-0.05, 0) is 60.7 Å². The van der Waals surface area contributed by atoms with Crippen LogP contribution in [0.5, 0.6) is 17.2 Å². The number of aromatic nitrogens is 2. The van der Waals surface area contributed by atoms with Gasteiger partial charge in [0, 0.05) is 87.1 Å². The molecular weight excluding hydrogens is 974 g/mol. The number of amides is 6. The van der Waals surface area contributed by atoms with Crippen molar-refractivity contribution in [3.63, 3.8) is 0 Å². The van der Waals surface area contributed by atoms with E-state index in [1.54, 1.807) is 43.4 Å². The van der Waals surface area contributed by atoms with E-state index in [0.29, 0.717) is 72.9 Å². The second-order valence-corrected chi connectivity index (χ2v) is 17.8. The van der Waals surface area contributed by atoms with Crippen molar-refractivity contribution in [1.82, 2.24) is 25.1 Å². The number of piperidine rings is 1. The zero-order chi connectivity index (χ0) is 50.9. The Kier molecular flexibility index (Phi) is 16.7. The number of benzene rings is 4. The van der Waals surface area contributed by atoms with Crippen molar-refractivity contribution in [2.24, 2.45) is 0 Å². The van der Waals surface area contributed by atoms with E-state index in [1.165, 1.54) is 31.5 Å². The summed E-state index contributed by atoms with van der Waals surface area (Å²) in [6, 6.07) is 17.9. The molecule has 72 heavy (non-hydrogen) atoms. The summed E-state index contributed by atoms with van der Waals surface area (Å²) in [7, 11) is 4.43. The minimum absolute atomic E-state index is 0.0290. The summed E-state index contributed by atoms with van der Waals surface area (Å²) < 4.78 is 27.9. The Labute approximate surface area is 424 Å². The Morgan fingerprint density at radius 2 is 1.51 bits per heavy atom. The lowest BCUT2D eigenvalue weighted by Crippen LogP contribution is -2.57. The van der Waals surface area contributed by atoms with E-state index in [4.69, 9.17) is 46.9 Å². The van der Waals surface area contributed by atoms with Crippen LogP contribution in [0.3, 0.4) is 0 Å². The van der Waals surface area contributed by atoms with Gasteiger partial charge in [0.1, 0.15) is 63.7 Å². The van der Waals surface area contributed by atoms with Gasteiger partial charge < -0.3 is 39.2 Å². The van der Waals surface area contributed by atoms with Crippen molar-refractivity contribution < 1.29 is 52.5 Å². The number of carbonyl (C=O) groups is 6. The van der Waals surface area contributed by atoms with Gasteiger partial charge >= 0.3 is 6.03 Å². The highest BCUT2D eigenvalue weighted by molar-refractivity contribution is 6.41. The summed E-state index contributed by atoms with van der Waals surface area (Å²) in [5, 5.41) is 9.57. The fraction of sp³-hybridized carbons (Fsp3) is 0.360. The largest absolute Gasteiger partial charge is 0.495 e. The van der Waals surface area contributed by atoms with E-state index in [9.17, 15) is 28.8 Å². The molecular formula is C50H53Cl2N9O11. The maximum Gasteiger partial charge on any atom is 0.327 e. The first-order valence-corrected chi connectivity index (χ1v) is 24.0. The number of rotatable bonds is 21. The highest BCUT2D eigenvalue weighted by Crippen LogP contribution is 2.44. The number of ether oxygens (including phenoxy) is 5. The molecule has 4 aromatic carbocycles. The number of ketones is 1. The van der Waals surface area contributed by atoms with Gasteiger partial charge in [-0.2, -0.15) is 0 Å². The summed E-state index contributed by atoms with van der Waals surface area (Å²) in [5.74, 6) is -0.391. The van der Waals surface area contributed by atoms with Gasteiger partial charge in [-0.15, -0.1) is 0 Å². The third kappa shape index (κ3) is 11.8. The van der Waals surface area contributed by atoms with E-state index < -0.39 is 35.7 Å². The number of imide groups is 2. The molecule has 20 nitrogen and oxygen atoms in total. The second kappa shape index (κ2) is 23.4. The Balaban J connectivity index is 0.697. The molecule has 1 unspecified atom stereocenters. The molecule has 0 bridgehead atoms. The summed E-state index contributed by atoms with van der Waals surface area (Å²) >= 11 is 12.9. The predicted molar refractivity (Wildman–Crippen MR) is 269 cm³/mol. The van der Waals surface area contributed by atoms with Crippen molar-refractivity contribution in [3.05, 3.63) is 94.2 Å². The lowest BCUT2D eigenvalue weighted by molar-refractivity contribution is -0.136. The quantitative estimate of drug-likeness (QED) is 0.0538. The fourth-order valence-electron chi connectivity index (χ4n) is 8.59. The van der Waals surface area contributed by atoms with Crippen LogP contribution in [0.1, 0.15) is 46.4 Å². The van der Waals surface area contributed by atoms with Crippen LogP contribution in [0, 0.1) is 0 Å². The van der Waals surface area contributed by atoms with Crippen LogP contribution in [0.4, 0.5) is 33.5 Å². The Morgan fingerprint density at radius 1 is 0.819 bits per heavy atom. The molecule has 8 rings (SSSR count). The van der Waals surface area contributed by atoms with Gasteiger partial charge in [-0.3, -0.25) is 44.0 Å². The van der Waals surface area contributed by atoms with Crippen LogP contribution in [-0.2, 0) is 23.9 Å². The van der Waals surface area contributed by atoms with Crippen LogP contribution in [0.2, 0.25) is 10.0 Å². The molecule has 0 spiro atoms. The first-order valence-electron chi connectivity index (χ1n) is 23.2. The molecule has 4 heterocycles. The number of hydrogen-bond donors (Lipinski definition) is 3. The van der Waals surface area contributed by atoms with Crippen LogP contribution < -0.4 is 40.0 Å². The van der Waals surface area contributed by atoms with Gasteiger partial charge in [0.05, 0.1) is 51.8 Å². The van der Waals surface area contributed by atoms with E-state index in [-0.39, 0.29) is 64.6 Å². The summed E-state index contributed by atoms with van der Waals surface area (Å²) in [5.41, 5.74) is 2.52. The first-order chi connectivity index (χ1) is 34.8. The Bertz CT molecular complexity index is 2840. The van der Waals surface area contributed by atoms with E-state index >= 15 is 0 Å². The number of carbonyl (C=O) groups excluding carboxylic acids is 6. The maximum atomic E-state index is 13.6. The monoisotopic (exact) mass is 1030 g/mol. The minimum atomic E-state index is -1.08. The standard InChI is InChI=1S/C50H53Cl2N9O11/c1-58(50(67)57-46-44(51)38(68-2)26-39(69-3)45(46)52)41-27-40(53-29-54-41)55-31-9-11-32(12-10-31)60-17-15-59(16-18-60)28-33(62)7-5-19-70-20-21-71-22-23-72-34-24-30-6-4-8-35-43(30)36(25-34)49(66)61(48(35)65)37-13-14-42(63)56-47(37)64/h4,6,8-12,24-27,29,37H,5,7,13-23,28H2,1-3H3,(H,57,67)(H,53,54,55)(H,56,63,64). The molecule has 3 N–H and O–H groups in total. The second-order valence-electron chi connectivity index (χ2n) is 17.0. The molecule has 378 valence electrons. The SMILES string of the molecule is COc1cc(OC)c(Cl)c(NC(=O)N(C)c2cc(Nc3ccc(N4CCN(CC(=O)CCCOCCOCCOc5cc6c7c(cccc7c5)C(=O)N(C5CCC(=O)NC5=O)C6=O)CC4)cc3)ncn2)c1Cl. The molecule has 3 aliphatic heterocycles. The zero-order valence-electron chi connectivity index (χ0n) is 39.8. The molecule has 22 heteroatoms. The molecule has 6 amide bonds. The van der Waals surface area contributed by atoms with E-state index in [1.807, 2.05) is 24.3 Å². The third-order valence-corrected chi connectivity index (χ3v) is 13.1. The lowest BCUT2D eigenvalue weighted by atomic mass is 9.91. The van der Waals surface area contributed by atoms with E-state index in [0.717, 1.165) is 42.5 Å². The highest BCUT2D eigenvalue weighted by Gasteiger charge is 2.43. The minimum Gasteiger partial charge on any atom is -0.495 e. The number of piperazine rings is 1. The Morgan fingerprint density at radius 3 is 2.22 bits per heavy atom. The first kappa shape index (κ1) is 51.3. The van der Waals surface area contributed by atoms with Crippen molar-refractivity contribution in [1.29, 1.82) is 0 Å². The molecule has 5 aromatic rings. The number of Topliss-reactive ketones (excluding diaryl/α,β-unsaturated/α-hetero) is 1. The number of anilines is 5. The zero-order valence-corrected chi connectivity index (χ0v) is 41.3. The van der Waals surface area contributed by atoms with Crippen LogP contribution in [0.15, 0.2) is 73.1 Å². The van der Waals surface area contributed by atoms with Gasteiger partial charge in [0.2, 0.25) is 11.8 Å². The number of hydrogen-bond acceptors (Lipinski definition) is 16. The molecule has 0 saturated carbocycles. The molecule has 3 aliphatic rings. The molecule has 0 radical (unpaired) electrons. The van der Waals surface area contributed by atoms with Crippen molar-refractivity contribution in [2.75, 3.05) is 107 Å². The average Bonchev–Trinajstić information content (AvgIpc) is 3.38. The normalized spacial score (nSPS) is 15.9. The fourth-order valence-corrected chi connectivity index (χ4v) is 9.19. The van der Waals surface area contributed by atoms with Crippen molar-refractivity contribution in [2.45, 2.75) is 31.7 Å². The average molecular weight is 1030 g/mol. The topological polar surface area (TPSA) is 223 Å². The van der Waals surface area contributed by atoms with Crippen molar-refractivity contribution >= 4 is 98.1 Å². The number of nitrogens with zero attached hydrogens (tertiary/aromatic N) is 6. The molecule has 1 atom stereocenters. The van der Waals surface area contributed by atoms with Crippen molar-refractivity contribution in [3.8, 4) is 17.2 Å². The lowest BCUT2D eigenvalue weighted by Gasteiger charge is -2.35. The number of methoxy groups -OCH3 is 2. The van der Waals surface area contributed by atoms with Gasteiger partial charge in [0.15, 0.2) is 0 Å². The maximum absolute atomic E-state index is 13.6. The molecule has 2 saturated heterocycles. The molecule has 2 fully saturated rings. The molecule has 0 aliphatic carbocycles. The number of urea groups is 1. The van der Waals surface area contributed by atoms with Gasteiger partial charge in [-0.25, -0.2) is 14.8 Å². The summed E-state index contributed by atoms with van der Waals surface area (Å²) in [4.78, 5) is 92.7.